The van der Waals surface area contributed by atoms with Crippen LogP contribution in [0.2, 0.25) is 0 Å². The highest BCUT2D eigenvalue weighted by Crippen LogP contribution is 2.34. The molecular weight excluding hydrogens is 274 g/mol. The van der Waals surface area contributed by atoms with Crippen molar-refractivity contribution in [3.05, 3.63) is 27.9 Å². The molecule has 0 spiro atoms. The predicted octanol–water partition coefficient (Wildman–Crippen LogP) is 2.89. The molecule has 2 N–H and O–H groups in total. The van der Waals surface area contributed by atoms with Gasteiger partial charge < -0.3 is 10.4 Å². The molecule has 0 saturated heterocycles. The molecular formula is C14H19N3O4. The topological polar surface area (TPSA) is 105 Å². The van der Waals surface area contributed by atoms with Gasteiger partial charge in [0.05, 0.1) is 11.3 Å². The number of nitrogens with zero attached hydrogens (tertiary/aromatic N) is 2. The van der Waals surface area contributed by atoms with Crippen molar-refractivity contribution in [2.45, 2.75) is 51.0 Å². The Morgan fingerprint density at radius 2 is 2.14 bits per heavy atom. The molecule has 7 nitrogen and oxygen atoms in total. The van der Waals surface area contributed by atoms with Gasteiger partial charge in [0.15, 0.2) is 0 Å². The SMILES string of the molecule is Cc1cc(NC2(CC(=O)O)CCCCC2)ncc1[N+](=O)[O-]. The second kappa shape index (κ2) is 6.07. The van der Waals surface area contributed by atoms with Crippen LogP contribution < -0.4 is 5.32 Å². The number of pyridine rings is 1. The zero-order chi connectivity index (χ0) is 15.5. The van der Waals surface area contributed by atoms with E-state index in [4.69, 9.17) is 5.11 Å². The normalized spacial score (nSPS) is 17.2. The number of nitrogens with one attached hydrogen (secondary N) is 1. The van der Waals surface area contributed by atoms with Gasteiger partial charge in [-0.25, -0.2) is 4.98 Å². The number of aromatic nitrogens is 1. The maximum Gasteiger partial charge on any atom is 0.305 e. The summed E-state index contributed by atoms with van der Waals surface area (Å²) in [4.78, 5) is 25.5. The minimum absolute atomic E-state index is 0.0310. The first-order valence-corrected chi connectivity index (χ1v) is 7.03. The number of hydrogen-bond acceptors (Lipinski definition) is 5. The number of aliphatic carboxylic acids is 1. The summed E-state index contributed by atoms with van der Waals surface area (Å²) >= 11 is 0. The fourth-order valence-electron chi connectivity index (χ4n) is 2.94. The molecule has 0 aliphatic heterocycles. The summed E-state index contributed by atoms with van der Waals surface area (Å²) < 4.78 is 0. The maximum atomic E-state index is 11.1. The van der Waals surface area contributed by atoms with Crippen LogP contribution in [0.1, 0.15) is 44.1 Å². The molecule has 114 valence electrons. The lowest BCUT2D eigenvalue weighted by Crippen LogP contribution is -2.42. The van der Waals surface area contributed by atoms with Gasteiger partial charge in [-0.3, -0.25) is 14.9 Å². The van der Waals surface area contributed by atoms with E-state index >= 15 is 0 Å². The van der Waals surface area contributed by atoms with Gasteiger partial charge in [0.1, 0.15) is 12.0 Å². The van der Waals surface area contributed by atoms with Crippen LogP contribution in [0.25, 0.3) is 0 Å². The number of rotatable bonds is 5. The smallest absolute Gasteiger partial charge is 0.305 e. The van der Waals surface area contributed by atoms with E-state index < -0.39 is 16.4 Å². The van der Waals surface area contributed by atoms with E-state index in [1.165, 1.54) is 6.20 Å². The van der Waals surface area contributed by atoms with Crippen LogP contribution in [0.3, 0.4) is 0 Å². The minimum atomic E-state index is -0.844. The molecule has 0 atom stereocenters. The number of carboxylic acid groups (broad SMARTS) is 1. The molecule has 2 rings (SSSR count). The van der Waals surface area contributed by atoms with Gasteiger partial charge in [-0.05, 0) is 25.8 Å². The second-order valence-electron chi connectivity index (χ2n) is 5.65. The van der Waals surface area contributed by atoms with Gasteiger partial charge in [0.2, 0.25) is 0 Å². The van der Waals surface area contributed by atoms with Crippen molar-refractivity contribution in [2.24, 2.45) is 0 Å². The maximum absolute atomic E-state index is 11.1. The Labute approximate surface area is 122 Å². The van der Waals surface area contributed by atoms with E-state index in [1.54, 1.807) is 13.0 Å². The van der Waals surface area contributed by atoms with E-state index in [2.05, 4.69) is 10.3 Å². The fraction of sp³-hybridized carbons (Fsp3) is 0.571. The first-order valence-electron chi connectivity index (χ1n) is 7.03. The van der Waals surface area contributed by atoms with Crippen LogP contribution in [-0.2, 0) is 4.79 Å². The van der Waals surface area contributed by atoms with Gasteiger partial charge in [-0.15, -0.1) is 0 Å². The lowest BCUT2D eigenvalue weighted by Gasteiger charge is -2.37. The Bertz CT molecular complexity index is 553. The number of aryl methyl sites for hydroxylation is 1. The van der Waals surface area contributed by atoms with Crippen molar-refractivity contribution in [1.82, 2.24) is 4.98 Å². The molecule has 0 aromatic carbocycles. The van der Waals surface area contributed by atoms with Crippen molar-refractivity contribution in [1.29, 1.82) is 0 Å². The molecule has 7 heteroatoms. The first kappa shape index (κ1) is 15.2. The predicted molar refractivity (Wildman–Crippen MR) is 77.3 cm³/mol. The monoisotopic (exact) mass is 293 g/mol. The van der Waals surface area contributed by atoms with E-state index in [0.717, 1.165) is 32.1 Å². The molecule has 0 bridgehead atoms. The number of anilines is 1. The van der Waals surface area contributed by atoms with Crippen LogP contribution in [0.5, 0.6) is 0 Å². The quantitative estimate of drug-likeness (QED) is 0.638. The van der Waals surface area contributed by atoms with Gasteiger partial charge in [-0.2, -0.15) is 0 Å². The summed E-state index contributed by atoms with van der Waals surface area (Å²) in [5, 5.41) is 23.1. The summed E-state index contributed by atoms with van der Waals surface area (Å²) in [7, 11) is 0. The lowest BCUT2D eigenvalue weighted by molar-refractivity contribution is -0.385. The van der Waals surface area contributed by atoms with Crippen LogP contribution >= 0.6 is 0 Å². The number of nitro groups is 1. The van der Waals surface area contributed by atoms with Crippen molar-refractivity contribution in [3.8, 4) is 0 Å². The fourth-order valence-corrected chi connectivity index (χ4v) is 2.94. The summed E-state index contributed by atoms with van der Waals surface area (Å²) in [6.45, 7) is 1.65. The molecule has 0 radical (unpaired) electrons. The van der Waals surface area contributed by atoms with Gasteiger partial charge in [0.25, 0.3) is 5.69 Å². The zero-order valence-corrected chi connectivity index (χ0v) is 12.0. The second-order valence-corrected chi connectivity index (χ2v) is 5.65. The number of hydrogen-bond donors (Lipinski definition) is 2. The third-order valence-corrected chi connectivity index (χ3v) is 3.97. The largest absolute Gasteiger partial charge is 0.481 e. The molecule has 1 fully saturated rings. The molecule has 0 amide bonds. The average Bonchev–Trinajstić information content (AvgIpc) is 2.38. The minimum Gasteiger partial charge on any atom is -0.481 e. The third-order valence-electron chi connectivity index (χ3n) is 3.97. The van der Waals surface area contributed by atoms with Crippen LogP contribution in [0.4, 0.5) is 11.5 Å². The van der Waals surface area contributed by atoms with E-state index in [1.807, 2.05) is 0 Å². The highest BCUT2D eigenvalue weighted by molar-refractivity contribution is 5.69. The zero-order valence-electron chi connectivity index (χ0n) is 12.0. The van der Waals surface area contributed by atoms with Crippen molar-refractivity contribution < 1.29 is 14.8 Å². The van der Waals surface area contributed by atoms with Gasteiger partial charge in [-0.1, -0.05) is 19.3 Å². The van der Waals surface area contributed by atoms with E-state index in [-0.39, 0.29) is 12.1 Å². The summed E-state index contributed by atoms with van der Waals surface area (Å²) in [5.74, 6) is -0.343. The summed E-state index contributed by atoms with van der Waals surface area (Å²) in [6.07, 6.45) is 5.86. The van der Waals surface area contributed by atoms with Crippen LogP contribution in [0.15, 0.2) is 12.3 Å². The average molecular weight is 293 g/mol. The van der Waals surface area contributed by atoms with Gasteiger partial charge in [0, 0.05) is 11.1 Å². The molecule has 1 aromatic heterocycles. The lowest BCUT2D eigenvalue weighted by atomic mass is 9.79. The Morgan fingerprint density at radius 1 is 1.48 bits per heavy atom. The third kappa shape index (κ3) is 3.68. The highest BCUT2D eigenvalue weighted by atomic mass is 16.6. The van der Waals surface area contributed by atoms with Crippen LogP contribution in [-0.4, -0.2) is 26.5 Å². The Morgan fingerprint density at radius 3 is 2.67 bits per heavy atom. The molecule has 1 heterocycles. The van der Waals surface area contributed by atoms with Crippen molar-refractivity contribution in [2.75, 3.05) is 5.32 Å². The molecule has 1 aliphatic carbocycles. The molecule has 1 saturated carbocycles. The molecule has 1 aliphatic rings. The molecule has 1 aromatic rings. The van der Waals surface area contributed by atoms with Gasteiger partial charge >= 0.3 is 5.97 Å². The molecule has 21 heavy (non-hydrogen) atoms. The Balaban J connectivity index is 2.22. The molecule has 0 unspecified atom stereocenters. The standard InChI is InChI=1S/C14H19N3O4/c1-10-7-12(15-9-11(10)17(20)21)16-14(8-13(18)19)5-3-2-4-6-14/h7,9H,2-6,8H2,1H3,(H,15,16)(H,18,19). The van der Waals surface area contributed by atoms with Crippen LogP contribution in [0, 0.1) is 17.0 Å². The highest BCUT2D eigenvalue weighted by Gasteiger charge is 2.34. The number of carboxylic acids is 1. The van der Waals surface area contributed by atoms with E-state index in [0.29, 0.717) is 11.4 Å². The summed E-state index contributed by atoms with van der Waals surface area (Å²) in [6, 6.07) is 1.61. The summed E-state index contributed by atoms with van der Waals surface area (Å²) in [5.41, 5.74) is -0.0186. The van der Waals surface area contributed by atoms with Crippen molar-refractivity contribution >= 4 is 17.5 Å². The Hall–Kier alpha value is -2.18. The first-order chi connectivity index (χ1) is 9.92. The Kier molecular flexibility index (Phi) is 4.40. The van der Waals surface area contributed by atoms with E-state index in [9.17, 15) is 14.9 Å². The number of carbonyl (C=O) groups is 1. The van der Waals surface area contributed by atoms with Crippen molar-refractivity contribution in [3.63, 3.8) is 0 Å².